The number of halogens is 2. The molecule has 1 aliphatic carbocycles. The Balaban J connectivity index is 2.09. The van der Waals surface area contributed by atoms with Crippen LogP contribution in [0.25, 0.3) is 0 Å². The van der Waals surface area contributed by atoms with Gasteiger partial charge >= 0.3 is 0 Å². The summed E-state index contributed by atoms with van der Waals surface area (Å²) in [5.41, 5.74) is 0.852. The lowest BCUT2D eigenvalue weighted by Crippen LogP contribution is -2.41. The SMILES string of the molecule is CCNC1CCC(C)CC1Cc1ccc(Br)cc1F. The molecule has 0 aliphatic heterocycles. The van der Waals surface area contributed by atoms with Crippen molar-refractivity contribution in [2.75, 3.05) is 6.54 Å². The minimum atomic E-state index is -0.0807. The summed E-state index contributed by atoms with van der Waals surface area (Å²) in [6, 6.07) is 5.97. The Kier molecular flexibility index (Phi) is 5.40. The maximum atomic E-state index is 14.0. The summed E-state index contributed by atoms with van der Waals surface area (Å²) in [5.74, 6) is 1.24. The summed E-state index contributed by atoms with van der Waals surface area (Å²) in [4.78, 5) is 0. The van der Waals surface area contributed by atoms with Gasteiger partial charge in [-0.3, -0.25) is 0 Å². The van der Waals surface area contributed by atoms with E-state index in [1.807, 2.05) is 12.1 Å². The van der Waals surface area contributed by atoms with Gasteiger partial charge in [0.15, 0.2) is 0 Å². The molecule has 0 amide bonds. The molecule has 1 aromatic carbocycles. The fourth-order valence-electron chi connectivity index (χ4n) is 3.22. The number of hydrogen-bond donors (Lipinski definition) is 1. The second-order valence-corrected chi connectivity index (χ2v) is 6.70. The predicted octanol–water partition coefficient (Wildman–Crippen LogP) is 4.55. The lowest BCUT2D eigenvalue weighted by Gasteiger charge is -2.35. The van der Waals surface area contributed by atoms with Crippen LogP contribution in [0.5, 0.6) is 0 Å². The first-order valence-corrected chi connectivity index (χ1v) is 8.06. The van der Waals surface area contributed by atoms with E-state index in [4.69, 9.17) is 0 Å². The van der Waals surface area contributed by atoms with Gasteiger partial charge in [0.25, 0.3) is 0 Å². The van der Waals surface area contributed by atoms with Crippen LogP contribution in [-0.2, 0) is 6.42 Å². The smallest absolute Gasteiger partial charge is 0.127 e. The highest BCUT2D eigenvalue weighted by Gasteiger charge is 2.28. The normalized spacial score (nSPS) is 27.5. The largest absolute Gasteiger partial charge is 0.314 e. The summed E-state index contributed by atoms with van der Waals surface area (Å²) in [7, 11) is 0. The number of rotatable bonds is 4. The molecule has 0 aromatic heterocycles. The maximum absolute atomic E-state index is 14.0. The molecule has 19 heavy (non-hydrogen) atoms. The zero-order chi connectivity index (χ0) is 13.8. The Morgan fingerprint density at radius 3 is 2.84 bits per heavy atom. The third-order valence-corrected chi connectivity index (χ3v) is 4.70. The van der Waals surface area contributed by atoms with Crippen LogP contribution in [0.15, 0.2) is 22.7 Å². The molecular formula is C16H23BrFN. The van der Waals surface area contributed by atoms with Crippen LogP contribution in [0, 0.1) is 17.7 Å². The van der Waals surface area contributed by atoms with Gasteiger partial charge in [-0.2, -0.15) is 0 Å². The second-order valence-electron chi connectivity index (χ2n) is 5.78. The van der Waals surface area contributed by atoms with E-state index in [1.54, 1.807) is 6.07 Å². The molecule has 0 heterocycles. The van der Waals surface area contributed by atoms with Crippen molar-refractivity contribution in [3.05, 3.63) is 34.1 Å². The molecule has 3 heteroatoms. The van der Waals surface area contributed by atoms with Crippen molar-refractivity contribution in [1.29, 1.82) is 0 Å². The molecule has 1 nitrogen and oxygen atoms in total. The number of benzene rings is 1. The van der Waals surface area contributed by atoms with Gasteiger partial charge in [0.1, 0.15) is 5.82 Å². The molecule has 1 fully saturated rings. The molecular weight excluding hydrogens is 305 g/mol. The maximum Gasteiger partial charge on any atom is 0.127 e. The van der Waals surface area contributed by atoms with Gasteiger partial charge in [-0.25, -0.2) is 4.39 Å². The van der Waals surface area contributed by atoms with Gasteiger partial charge in [0.2, 0.25) is 0 Å². The fourth-order valence-corrected chi connectivity index (χ4v) is 3.56. The van der Waals surface area contributed by atoms with E-state index < -0.39 is 0 Å². The molecule has 0 saturated heterocycles. The van der Waals surface area contributed by atoms with E-state index in [0.717, 1.165) is 28.9 Å². The van der Waals surface area contributed by atoms with Crippen molar-refractivity contribution >= 4 is 15.9 Å². The average molecular weight is 328 g/mol. The van der Waals surface area contributed by atoms with E-state index >= 15 is 0 Å². The van der Waals surface area contributed by atoms with Crippen molar-refractivity contribution in [1.82, 2.24) is 5.32 Å². The van der Waals surface area contributed by atoms with Gasteiger partial charge in [-0.1, -0.05) is 35.8 Å². The van der Waals surface area contributed by atoms with Crippen LogP contribution in [-0.4, -0.2) is 12.6 Å². The first kappa shape index (κ1) is 15.0. The Labute approximate surface area is 124 Å². The van der Waals surface area contributed by atoms with Gasteiger partial charge in [-0.05, 0) is 61.8 Å². The predicted molar refractivity (Wildman–Crippen MR) is 81.8 cm³/mol. The van der Waals surface area contributed by atoms with Crippen molar-refractivity contribution in [2.24, 2.45) is 11.8 Å². The summed E-state index contributed by atoms with van der Waals surface area (Å²) < 4.78 is 14.8. The summed E-state index contributed by atoms with van der Waals surface area (Å²) >= 11 is 3.32. The third-order valence-electron chi connectivity index (χ3n) is 4.21. The highest BCUT2D eigenvalue weighted by Crippen LogP contribution is 2.32. The molecule has 1 N–H and O–H groups in total. The van der Waals surface area contributed by atoms with Crippen molar-refractivity contribution in [3.63, 3.8) is 0 Å². The lowest BCUT2D eigenvalue weighted by atomic mass is 9.76. The van der Waals surface area contributed by atoms with Crippen LogP contribution in [0.4, 0.5) is 4.39 Å². The molecule has 3 atom stereocenters. The van der Waals surface area contributed by atoms with Gasteiger partial charge in [-0.15, -0.1) is 0 Å². The van der Waals surface area contributed by atoms with Crippen LogP contribution < -0.4 is 5.32 Å². The minimum absolute atomic E-state index is 0.0807. The standard InChI is InChI=1S/C16H23BrFN/c1-3-19-16-7-4-11(2)8-13(16)9-12-5-6-14(17)10-15(12)18/h5-6,10-11,13,16,19H,3-4,7-9H2,1-2H3. The van der Waals surface area contributed by atoms with Crippen LogP contribution >= 0.6 is 15.9 Å². The van der Waals surface area contributed by atoms with Crippen molar-refractivity contribution in [3.8, 4) is 0 Å². The molecule has 0 radical (unpaired) electrons. The quantitative estimate of drug-likeness (QED) is 0.855. The van der Waals surface area contributed by atoms with Crippen molar-refractivity contribution < 1.29 is 4.39 Å². The molecule has 1 aliphatic rings. The summed E-state index contributed by atoms with van der Waals surface area (Å²) in [6.07, 6.45) is 4.56. The highest BCUT2D eigenvalue weighted by molar-refractivity contribution is 9.10. The molecule has 106 valence electrons. The van der Waals surface area contributed by atoms with E-state index in [0.29, 0.717) is 12.0 Å². The molecule has 0 spiro atoms. The Bertz CT molecular complexity index is 421. The zero-order valence-corrected chi connectivity index (χ0v) is 13.3. The fraction of sp³-hybridized carbons (Fsp3) is 0.625. The lowest BCUT2D eigenvalue weighted by molar-refractivity contribution is 0.213. The molecule has 0 bridgehead atoms. The van der Waals surface area contributed by atoms with Crippen LogP contribution in [0.2, 0.25) is 0 Å². The Hall–Kier alpha value is -0.410. The first-order valence-electron chi connectivity index (χ1n) is 7.27. The Morgan fingerprint density at radius 1 is 1.37 bits per heavy atom. The molecule has 3 unspecified atom stereocenters. The van der Waals surface area contributed by atoms with Crippen molar-refractivity contribution in [2.45, 2.75) is 45.6 Å². The summed E-state index contributed by atoms with van der Waals surface area (Å²) in [6.45, 7) is 5.46. The van der Waals surface area contributed by atoms with Crippen LogP contribution in [0.3, 0.4) is 0 Å². The topological polar surface area (TPSA) is 12.0 Å². The van der Waals surface area contributed by atoms with Crippen LogP contribution in [0.1, 0.15) is 38.7 Å². The van der Waals surface area contributed by atoms with E-state index in [1.165, 1.54) is 19.3 Å². The van der Waals surface area contributed by atoms with E-state index in [9.17, 15) is 4.39 Å². The van der Waals surface area contributed by atoms with Gasteiger partial charge in [0, 0.05) is 10.5 Å². The monoisotopic (exact) mass is 327 g/mol. The summed E-state index contributed by atoms with van der Waals surface area (Å²) in [5, 5.41) is 3.57. The number of hydrogen-bond acceptors (Lipinski definition) is 1. The van der Waals surface area contributed by atoms with Gasteiger partial charge < -0.3 is 5.32 Å². The zero-order valence-electron chi connectivity index (χ0n) is 11.8. The Morgan fingerprint density at radius 2 is 2.16 bits per heavy atom. The number of nitrogens with one attached hydrogen (secondary N) is 1. The minimum Gasteiger partial charge on any atom is -0.314 e. The average Bonchev–Trinajstić information content (AvgIpc) is 2.36. The van der Waals surface area contributed by atoms with E-state index in [2.05, 4.69) is 35.1 Å². The van der Waals surface area contributed by atoms with E-state index in [-0.39, 0.29) is 5.82 Å². The molecule has 1 saturated carbocycles. The first-order chi connectivity index (χ1) is 9.10. The molecule has 1 aromatic rings. The second kappa shape index (κ2) is 6.85. The highest BCUT2D eigenvalue weighted by atomic mass is 79.9. The third kappa shape index (κ3) is 4.03. The van der Waals surface area contributed by atoms with Gasteiger partial charge in [0.05, 0.1) is 0 Å². The molecule has 2 rings (SSSR count).